The summed E-state index contributed by atoms with van der Waals surface area (Å²) in [5, 5.41) is 22.2. The zero-order chi connectivity index (χ0) is 13.0. The Labute approximate surface area is 105 Å². The minimum absolute atomic E-state index is 0.0960. The quantitative estimate of drug-likeness (QED) is 0.635. The van der Waals surface area contributed by atoms with Crippen LogP contribution in [-0.4, -0.2) is 27.5 Å². The van der Waals surface area contributed by atoms with E-state index in [1.54, 1.807) is 0 Å². The molecule has 2 N–H and O–H groups in total. The van der Waals surface area contributed by atoms with Gasteiger partial charge in [-0.3, -0.25) is 19.9 Å². The molecule has 1 rings (SSSR count). The maximum absolute atomic E-state index is 10.7. The van der Waals surface area contributed by atoms with E-state index in [0.717, 1.165) is 6.20 Å². The highest BCUT2D eigenvalue weighted by Crippen LogP contribution is 2.30. The van der Waals surface area contributed by atoms with Gasteiger partial charge in [0, 0.05) is 12.7 Å². The van der Waals surface area contributed by atoms with Gasteiger partial charge >= 0.3 is 11.7 Å². The minimum atomic E-state index is -0.967. The summed E-state index contributed by atoms with van der Waals surface area (Å²) in [4.78, 5) is 24.5. The molecule has 0 fully saturated rings. The summed E-state index contributed by atoms with van der Waals surface area (Å²) in [7, 11) is 0. The van der Waals surface area contributed by atoms with Crippen molar-refractivity contribution in [3.63, 3.8) is 0 Å². The lowest BCUT2D eigenvalue weighted by atomic mass is 10.2. The highest BCUT2D eigenvalue weighted by atomic mass is 79.9. The first-order valence-electron chi connectivity index (χ1n) is 4.68. The molecule has 0 bridgehead atoms. The van der Waals surface area contributed by atoms with Gasteiger partial charge in [0.15, 0.2) is 0 Å². The first-order chi connectivity index (χ1) is 7.93. The molecule has 0 aliphatic carbocycles. The van der Waals surface area contributed by atoms with E-state index in [1.807, 2.05) is 0 Å². The number of aliphatic carboxylic acids is 1. The van der Waals surface area contributed by atoms with Crippen LogP contribution in [0.15, 0.2) is 16.9 Å². The Balaban J connectivity index is 2.90. The number of hydrogen-bond acceptors (Lipinski definition) is 5. The number of carbonyl (C=O) groups is 1. The van der Waals surface area contributed by atoms with Crippen LogP contribution in [0.3, 0.4) is 0 Å². The Hall–Kier alpha value is -1.70. The fourth-order valence-electron chi connectivity index (χ4n) is 1.08. The molecule has 0 amide bonds. The predicted molar refractivity (Wildman–Crippen MR) is 63.9 cm³/mol. The number of aromatic nitrogens is 1. The smallest absolute Gasteiger partial charge is 0.311 e. The number of nitro groups is 1. The number of hydrogen-bond donors (Lipinski definition) is 2. The SMILES string of the molecule is CC(CNc1c(Br)cncc1[N+](=O)[O-])C(=O)O. The predicted octanol–water partition coefficient (Wildman–Crippen LogP) is 1.88. The lowest BCUT2D eigenvalue weighted by molar-refractivity contribution is -0.384. The van der Waals surface area contributed by atoms with E-state index in [0.29, 0.717) is 4.47 Å². The molecule has 0 aliphatic rings. The molecule has 0 radical (unpaired) electrons. The van der Waals surface area contributed by atoms with Crippen LogP contribution < -0.4 is 5.32 Å². The van der Waals surface area contributed by atoms with Gasteiger partial charge in [0.25, 0.3) is 0 Å². The Morgan fingerprint density at radius 3 is 2.88 bits per heavy atom. The van der Waals surface area contributed by atoms with Gasteiger partial charge in [-0.05, 0) is 15.9 Å². The molecule has 17 heavy (non-hydrogen) atoms. The Bertz CT molecular complexity index is 452. The van der Waals surface area contributed by atoms with Crippen molar-refractivity contribution in [1.82, 2.24) is 4.98 Å². The molecule has 0 saturated carbocycles. The van der Waals surface area contributed by atoms with Crippen LogP contribution in [0.1, 0.15) is 6.92 Å². The van der Waals surface area contributed by atoms with E-state index in [9.17, 15) is 14.9 Å². The topological polar surface area (TPSA) is 105 Å². The van der Waals surface area contributed by atoms with E-state index in [2.05, 4.69) is 26.2 Å². The fourth-order valence-corrected chi connectivity index (χ4v) is 1.54. The van der Waals surface area contributed by atoms with Crippen molar-refractivity contribution in [2.45, 2.75) is 6.92 Å². The van der Waals surface area contributed by atoms with Gasteiger partial charge in [-0.25, -0.2) is 0 Å². The van der Waals surface area contributed by atoms with Crippen molar-refractivity contribution < 1.29 is 14.8 Å². The third-order valence-electron chi connectivity index (χ3n) is 2.08. The molecule has 0 aromatic carbocycles. The van der Waals surface area contributed by atoms with Gasteiger partial charge in [0.2, 0.25) is 0 Å². The molecule has 1 aromatic heterocycles. The second-order valence-corrected chi connectivity index (χ2v) is 4.25. The summed E-state index contributed by atoms with van der Waals surface area (Å²) in [6.07, 6.45) is 2.51. The highest BCUT2D eigenvalue weighted by Gasteiger charge is 2.19. The summed E-state index contributed by atoms with van der Waals surface area (Å²) >= 11 is 3.13. The molecule has 0 spiro atoms. The Morgan fingerprint density at radius 2 is 2.35 bits per heavy atom. The first-order valence-corrected chi connectivity index (χ1v) is 5.47. The Morgan fingerprint density at radius 1 is 1.71 bits per heavy atom. The lowest BCUT2D eigenvalue weighted by Crippen LogP contribution is -2.20. The van der Waals surface area contributed by atoms with Crippen LogP contribution in [-0.2, 0) is 4.79 Å². The lowest BCUT2D eigenvalue weighted by Gasteiger charge is -2.10. The fraction of sp³-hybridized carbons (Fsp3) is 0.333. The largest absolute Gasteiger partial charge is 0.481 e. The average molecular weight is 304 g/mol. The highest BCUT2D eigenvalue weighted by molar-refractivity contribution is 9.10. The maximum atomic E-state index is 10.7. The van der Waals surface area contributed by atoms with Crippen molar-refractivity contribution in [3.05, 3.63) is 27.0 Å². The van der Waals surface area contributed by atoms with Crippen LogP contribution in [0.2, 0.25) is 0 Å². The number of rotatable bonds is 5. The van der Waals surface area contributed by atoms with E-state index in [1.165, 1.54) is 13.1 Å². The van der Waals surface area contributed by atoms with Gasteiger partial charge in [-0.2, -0.15) is 0 Å². The number of carboxylic acid groups (broad SMARTS) is 1. The Kier molecular flexibility index (Phi) is 4.38. The standard InChI is InChI=1S/C9H10BrN3O4/c1-5(9(14)15)2-12-8-6(10)3-11-4-7(8)13(16)17/h3-5H,2H2,1H3,(H,11,12)(H,14,15). The molecule has 0 aliphatic heterocycles. The monoisotopic (exact) mass is 303 g/mol. The molecule has 0 saturated heterocycles. The number of nitrogens with one attached hydrogen (secondary N) is 1. The van der Waals surface area contributed by atoms with E-state index >= 15 is 0 Å². The second kappa shape index (κ2) is 5.58. The molecular weight excluding hydrogens is 294 g/mol. The molecule has 1 atom stereocenters. The number of halogens is 1. The maximum Gasteiger partial charge on any atom is 0.311 e. The third kappa shape index (κ3) is 3.38. The molecule has 1 unspecified atom stereocenters. The van der Waals surface area contributed by atoms with Crippen LogP contribution in [0.5, 0.6) is 0 Å². The number of anilines is 1. The number of pyridine rings is 1. The summed E-state index contributed by atoms with van der Waals surface area (Å²) in [5.74, 6) is -1.61. The third-order valence-corrected chi connectivity index (χ3v) is 2.68. The molecular formula is C9H10BrN3O4. The summed E-state index contributed by atoms with van der Waals surface area (Å²) in [6, 6.07) is 0. The van der Waals surface area contributed by atoms with Crippen molar-refractivity contribution in [1.29, 1.82) is 0 Å². The van der Waals surface area contributed by atoms with Crippen molar-refractivity contribution in [2.24, 2.45) is 5.92 Å². The van der Waals surface area contributed by atoms with Crippen LogP contribution in [0, 0.1) is 16.0 Å². The number of carboxylic acids is 1. The zero-order valence-corrected chi connectivity index (χ0v) is 10.5. The normalized spacial score (nSPS) is 11.9. The molecule has 1 heterocycles. The van der Waals surface area contributed by atoms with Crippen molar-refractivity contribution >= 4 is 33.3 Å². The van der Waals surface area contributed by atoms with Crippen LogP contribution in [0.25, 0.3) is 0 Å². The van der Waals surface area contributed by atoms with Crippen LogP contribution >= 0.6 is 15.9 Å². The van der Waals surface area contributed by atoms with Gasteiger partial charge in [0.05, 0.1) is 15.3 Å². The zero-order valence-electron chi connectivity index (χ0n) is 8.88. The summed E-state index contributed by atoms with van der Waals surface area (Å²) in [5.41, 5.74) is 0.0371. The van der Waals surface area contributed by atoms with Crippen molar-refractivity contribution in [3.8, 4) is 0 Å². The van der Waals surface area contributed by atoms with Crippen molar-refractivity contribution in [2.75, 3.05) is 11.9 Å². The molecule has 7 nitrogen and oxygen atoms in total. The molecule has 8 heteroatoms. The summed E-state index contributed by atoms with van der Waals surface area (Å²) < 4.78 is 0.421. The van der Waals surface area contributed by atoms with E-state index in [-0.39, 0.29) is 17.9 Å². The average Bonchev–Trinajstić information content (AvgIpc) is 2.26. The number of nitrogens with zero attached hydrogens (tertiary/aromatic N) is 2. The molecule has 1 aromatic rings. The second-order valence-electron chi connectivity index (χ2n) is 3.39. The minimum Gasteiger partial charge on any atom is -0.481 e. The molecule has 92 valence electrons. The van der Waals surface area contributed by atoms with Gasteiger partial charge in [-0.15, -0.1) is 0 Å². The van der Waals surface area contributed by atoms with Gasteiger partial charge in [-0.1, -0.05) is 6.92 Å². The van der Waals surface area contributed by atoms with Gasteiger partial charge < -0.3 is 10.4 Å². The van der Waals surface area contributed by atoms with E-state index in [4.69, 9.17) is 5.11 Å². The van der Waals surface area contributed by atoms with Gasteiger partial charge in [0.1, 0.15) is 11.9 Å². The first kappa shape index (κ1) is 13.4. The summed E-state index contributed by atoms with van der Waals surface area (Å²) in [6.45, 7) is 1.61. The van der Waals surface area contributed by atoms with Crippen LogP contribution in [0.4, 0.5) is 11.4 Å². The van der Waals surface area contributed by atoms with E-state index < -0.39 is 16.8 Å².